The first-order chi connectivity index (χ1) is 14.4. The number of hydrogen-bond donors (Lipinski definition) is 0. The van der Waals surface area contributed by atoms with Crippen LogP contribution in [0, 0.1) is 19.8 Å². The normalized spacial score (nSPS) is 18.1. The maximum absolute atomic E-state index is 13.5. The Balaban J connectivity index is 1.83. The van der Waals surface area contributed by atoms with Gasteiger partial charge in [-0.25, -0.2) is 0 Å². The van der Waals surface area contributed by atoms with Gasteiger partial charge in [0.05, 0.1) is 5.57 Å². The monoisotopic (exact) mass is 410 g/mol. The van der Waals surface area contributed by atoms with Crippen molar-refractivity contribution in [2.24, 2.45) is 5.92 Å². The molecule has 4 nitrogen and oxygen atoms in total. The number of hydrogen-bond acceptors (Lipinski definition) is 3. The van der Waals surface area contributed by atoms with Crippen LogP contribution in [-0.4, -0.2) is 41.2 Å². The number of likely N-dealkylation sites (tertiary alicyclic amines) is 1. The largest absolute Gasteiger partial charge is 0.366 e. The van der Waals surface area contributed by atoms with E-state index in [-0.39, 0.29) is 11.8 Å². The molecular formula is C26H38N2O2. The SMILES string of the molecule is CCCCCCCCN1C(=O)C(c2ccc(C)cc2C)=C(N2CCC(C)CC2)C1=O. The van der Waals surface area contributed by atoms with Crippen molar-refractivity contribution < 1.29 is 9.59 Å². The van der Waals surface area contributed by atoms with Gasteiger partial charge in [0.15, 0.2) is 0 Å². The predicted molar refractivity (Wildman–Crippen MR) is 123 cm³/mol. The molecule has 1 fully saturated rings. The lowest BCUT2D eigenvalue weighted by atomic mass is 9.95. The molecule has 2 aliphatic heterocycles. The number of aryl methyl sites for hydroxylation is 2. The molecule has 0 saturated carbocycles. The predicted octanol–water partition coefficient (Wildman–Crippen LogP) is 5.48. The van der Waals surface area contributed by atoms with Gasteiger partial charge in [-0.2, -0.15) is 0 Å². The summed E-state index contributed by atoms with van der Waals surface area (Å²) in [6.45, 7) is 10.8. The van der Waals surface area contributed by atoms with Crippen molar-refractivity contribution >= 4 is 17.4 Å². The minimum absolute atomic E-state index is 0.0851. The van der Waals surface area contributed by atoms with Crippen molar-refractivity contribution in [1.29, 1.82) is 0 Å². The first kappa shape index (κ1) is 22.6. The summed E-state index contributed by atoms with van der Waals surface area (Å²) in [7, 11) is 0. The van der Waals surface area contributed by atoms with Crippen molar-refractivity contribution in [2.45, 2.75) is 79.1 Å². The average molecular weight is 411 g/mol. The van der Waals surface area contributed by atoms with Crippen molar-refractivity contribution in [1.82, 2.24) is 9.80 Å². The van der Waals surface area contributed by atoms with Crippen molar-refractivity contribution in [3.05, 3.63) is 40.6 Å². The molecule has 0 N–H and O–H groups in total. The van der Waals surface area contributed by atoms with Crippen molar-refractivity contribution in [3.8, 4) is 0 Å². The molecule has 1 aromatic rings. The van der Waals surface area contributed by atoms with Crippen LogP contribution >= 0.6 is 0 Å². The highest BCUT2D eigenvalue weighted by Crippen LogP contribution is 2.35. The Labute approximate surface area is 182 Å². The van der Waals surface area contributed by atoms with Gasteiger partial charge in [-0.1, -0.05) is 69.7 Å². The highest BCUT2D eigenvalue weighted by Gasteiger charge is 2.42. The Morgan fingerprint density at radius 1 is 0.933 bits per heavy atom. The Hall–Kier alpha value is -2.10. The lowest BCUT2D eigenvalue weighted by Gasteiger charge is -2.32. The number of benzene rings is 1. The fourth-order valence-corrected chi connectivity index (χ4v) is 4.68. The summed E-state index contributed by atoms with van der Waals surface area (Å²) in [6.07, 6.45) is 9.02. The number of nitrogens with zero attached hydrogens (tertiary/aromatic N) is 2. The van der Waals surface area contributed by atoms with Gasteiger partial charge in [0.2, 0.25) is 0 Å². The van der Waals surface area contributed by atoms with E-state index < -0.39 is 0 Å². The third-order valence-electron chi connectivity index (χ3n) is 6.63. The van der Waals surface area contributed by atoms with Crippen LogP contribution in [0.1, 0.15) is 81.9 Å². The lowest BCUT2D eigenvalue weighted by molar-refractivity contribution is -0.137. The summed E-state index contributed by atoms with van der Waals surface area (Å²) < 4.78 is 0. The second-order valence-corrected chi connectivity index (χ2v) is 9.24. The van der Waals surface area contributed by atoms with E-state index in [0.29, 0.717) is 23.7 Å². The second-order valence-electron chi connectivity index (χ2n) is 9.24. The Morgan fingerprint density at radius 2 is 1.60 bits per heavy atom. The highest BCUT2D eigenvalue weighted by atomic mass is 16.2. The Bertz CT molecular complexity index is 803. The van der Waals surface area contributed by atoms with Gasteiger partial charge in [-0.05, 0) is 50.2 Å². The lowest BCUT2D eigenvalue weighted by Crippen LogP contribution is -2.38. The maximum Gasteiger partial charge on any atom is 0.277 e. The quantitative estimate of drug-likeness (QED) is 0.400. The van der Waals surface area contributed by atoms with Crippen molar-refractivity contribution in [3.63, 3.8) is 0 Å². The summed E-state index contributed by atoms with van der Waals surface area (Å²) >= 11 is 0. The second kappa shape index (κ2) is 10.3. The van der Waals surface area contributed by atoms with Gasteiger partial charge in [0.1, 0.15) is 5.70 Å². The third-order valence-corrected chi connectivity index (χ3v) is 6.63. The summed E-state index contributed by atoms with van der Waals surface area (Å²) in [6, 6.07) is 6.16. The topological polar surface area (TPSA) is 40.6 Å². The van der Waals surface area contributed by atoms with E-state index in [2.05, 4.69) is 31.7 Å². The number of piperidine rings is 1. The van der Waals surface area contributed by atoms with Crippen LogP contribution < -0.4 is 0 Å². The van der Waals surface area contributed by atoms with Gasteiger partial charge in [-0.15, -0.1) is 0 Å². The molecule has 0 aliphatic carbocycles. The van der Waals surface area contributed by atoms with Crippen LogP contribution in [0.2, 0.25) is 0 Å². The number of carbonyl (C=O) groups is 2. The number of unbranched alkanes of at least 4 members (excludes halogenated alkanes) is 5. The molecule has 0 unspecified atom stereocenters. The fourth-order valence-electron chi connectivity index (χ4n) is 4.68. The molecule has 2 amide bonds. The summed E-state index contributed by atoms with van der Waals surface area (Å²) in [5.74, 6) is 0.491. The molecule has 0 aromatic heterocycles. The van der Waals surface area contributed by atoms with Gasteiger partial charge in [-0.3, -0.25) is 14.5 Å². The number of imide groups is 1. The summed E-state index contributed by atoms with van der Waals surface area (Å²) in [5.41, 5.74) is 4.42. The zero-order chi connectivity index (χ0) is 21.7. The van der Waals surface area contributed by atoms with Crippen molar-refractivity contribution in [2.75, 3.05) is 19.6 Å². The molecule has 3 rings (SSSR count). The van der Waals surface area contributed by atoms with E-state index in [1.54, 1.807) is 0 Å². The molecule has 164 valence electrons. The van der Waals surface area contributed by atoms with E-state index in [4.69, 9.17) is 0 Å². The van der Waals surface area contributed by atoms with Gasteiger partial charge in [0.25, 0.3) is 11.8 Å². The van der Waals surface area contributed by atoms with Gasteiger partial charge >= 0.3 is 0 Å². The third kappa shape index (κ3) is 4.96. The van der Waals surface area contributed by atoms with E-state index >= 15 is 0 Å². The number of amides is 2. The maximum atomic E-state index is 13.5. The molecule has 2 aliphatic rings. The Morgan fingerprint density at radius 3 is 2.27 bits per heavy atom. The zero-order valence-corrected chi connectivity index (χ0v) is 19.3. The van der Waals surface area contributed by atoms with Crippen LogP contribution in [0.15, 0.2) is 23.9 Å². The Kier molecular flexibility index (Phi) is 7.74. The zero-order valence-electron chi connectivity index (χ0n) is 19.3. The smallest absolute Gasteiger partial charge is 0.277 e. The van der Waals surface area contributed by atoms with E-state index in [1.807, 2.05) is 19.1 Å². The fraction of sp³-hybridized carbons (Fsp3) is 0.615. The molecule has 0 atom stereocenters. The molecule has 2 heterocycles. The highest BCUT2D eigenvalue weighted by molar-refractivity contribution is 6.35. The average Bonchev–Trinajstić information content (AvgIpc) is 2.96. The van der Waals surface area contributed by atoms with Gasteiger partial charge in [0, 0.05) is 19.6 Å². The minimum atomic E-state index is -0.103. The number of carbonyl (C=O) groups excluding carboxylic acids is 2. The van der Waals surface area contributed by atoms with Crippen LogP contribution in [0.5, 0.6) is 0 Å². The molecule has 1 saturated heterocycles. The van der Waals surface area contributed by atoms with E-state index in [1.165, 1.54) is 36.1 Å². The van der Waals surface area contributed by atoms with Gasteiger partial charge < -0.3 is 4.90 Å². The summed E-state index contributed by atoms with van der Waals surface area (Å²) in [5, 5.41) is 0. The molecule has 0 spiro atoms. The van der Waals surface area contributed by atoms with Crippen LogP contribution in [0.4, 0.5) is 0 Å². The summed E-state index contributed by atoms with van der Waals surface area (Å²) in [4.78, 5) is 30.6. The molecule has 30 heavy (non-hydrogen) atoms. The first-order valence-electron chi connectivity index (χ1n) is 11.9. The molecule has 0 radical (unpaired) electrons. The van der Waals surface area contributed by atoms with Crippen LogP contribution in [0.25, 0.3) is 5.57 Å². The standard InChI is InChI=1S/C26H38N2O2/c1-5-6-7-8-9-10-15-28-25(29)23(22-12-11-20(3)18-21(22)4)24(26(28)30)27-16-13-19(2)14-17-27/h11-12,18-19H,5-10,13-17H2,1-4H3. The van der Waals surface area contributed by atoms with E-state index in [9.17, 15) is 9.59 Å². The van der Waals surface area contributed by atoms with E-state index in [0.717, 1.165) is 49.9 Å². The van der Waals surface area contributed by atoms with Crippen LogP contribution in [0.3, 0.4) is 0 Å². The number of rotatable bonds is 9. The minimum Gasteiger partial charge on any atom is -0.366 e. The van der Waals surface area contributed by atoms with Crippen LogP contribution in [-0.2, 0) is 9.59 Å². The molecular weight excluding hydrogens is 372 g/mol. The molecule has 0 bridgehead atoms. The molecule has 4 heteroatoms. The first-order valence-corrected chi connectivity index (χ1v) is 11.9. The molecule has 1 aromatic carbocycles.